The Morgan fingerprint density at radius 2 is 1.76 bits per heavy atom. The van der Waals surface area contributed by atoms with Crippen LogP contribution >= 0.6 is 0 Å². The molecule has 0 aliphatic carbocycles. The molecule has 178 valence electrons. The monoisotopic (exact) mass is 461 g/mol. The summed E-state index contributed by atoms with van der Waals surface area (Å²) >= 11 is 0. The average Bonchev–Trinajstić information content (AvgIpc) is 2.88. The summed E-state index contributed by atoms with van der Waals surface area (Å²) in [5.74, 6) is 1.26. The van der Waals surface area contributed by atoms with E-state index in [1.54, 1.807) is 20.4 Å². The smallest absolute Gasteiger partial charge is 0.227 e. The van der Waals surface area contributed by atoms with Crippen molar-refractivity contribution in [2.45, 2.75) is 25.7 Å². The maximum Gasteiger partial charge on any atom is 0.227 e. The highest BCUT2D eigenvalue weighted by atomic mass is 16.5. The molecule has 34 heavy (non-hydrogen) atoms. The Balaban J connectivity index is 1.45. The van der Waals surface area contributed by atoms with E-state index in [4.69, 9.17) is 9.47 Å². The van der Waals surface area contributed by atoms with E-state index in [0.717, 1.165) is 47.2 Å². The predicted molar refractivity (Wildman–Crippen MR) is 135 cm³/mol. The number of hydrogen-bond donors (Lipinski definition) is 2. The van der Waals surface area contributed by atoms with Crippen molar-refractivity contribution in [3.05, 3.63) is 54.7 Å². The molecule has 0 radical (unpaired) electrons. The number of nitrogens with one attached hydrogen (secondary N) is 2. The van der Waals surface area contributed by atoms with Crippen LogP contribution in [-0.4, -0.2) is 49.8 Å². The number of piperidine rings is 1. The molecular formula is C26H31N5O3. The molecule has 1 saturated heterocycles. The Morgan fingerprint density at radius 1 is 1.00 bits per heavy atom. The van der Waals surface area contributed by atoms with Crippen molar-refractivity contribution < 1.29 is 14.3 Å². The molecule has 1 amide bonds. The SMILES string of the molecule is COCCC(=O)Nc1ccc(-c2ccnc(Nc3ccc(N4CCCCC4)c(OC)c3)n2)cc1. The third-order valence-corrected chi connectivity index (χ3v) is 5.79. The fourth-order valence-electron chi connectivity index (χ4n) is 4.00. The molecule has 0 bridgehead atoms. The number of rotatable bonds is 9. The first kappa shape index (κ1) is 23.5. The number of hydrogen-bond acceptors (Lipinski definition) is 7. The van der Waals surface area contributed by atoms with Crippen molar-refractivity contribution in [3.8, 4) is 17.0 Å². The second-order valence-electron chi connectivity index (χ2n) is 8.19. The van der Waals surface area contributed by atoms with Crippen LogP contribution in [0.2, 0.25) is 0 Å². The highest BCUT2D eigenvalue weighted by molar-refractivity contribution is 5.91. The van der Waals surface area contributed by atoms with Gasteiger partial charge in [0.2, 0.25) is 11.9 Å². The molecule has 0 unspecified atom stereocenters. The summed E-state index contributed by atoms with van der Waals surface area (Å²) in [5.41, 5.74) is 4.43. The van der Waals surface area contributed by atoms with Crippen LogP contribution in [-0.2, 0) is 9.53 Å². The van der Waals surface area contributed by atoms with E-state index in [9.17, 15) is 4.79 Å². The van der Waals surface area contributed by atoms with Gasteiger partial charge in [-0.1, -0.05) is 12.1 Å². The van der Waals surface area contributed by atoms with Gasteiger partial charge < -0.3 is 25.0 Å². The molecule has 1 aliphatic heterocycles. The molecule has 8 heteroatoms. The number of methoxy groups -OCH3 is 2. The summed E-state index contributed by atoms with van der Waals surface area (Å²) in [7, 11) is 3.28. The van der Waals surface area contributed by atoms with Gasteiger partial charge in [-0.15, -0.1) is 0 Å². The van der Waals surface area contributed by atoms with Crippen LogP contribution < -0.4 is 20.3 Å². The number of amides is 1. The highest BCUT2D eigenvalue weighted by Gasteiger charge is 2.16. The fourth-order valence-corrected chi connectivity index (χ4v) is 4.00. The van der Waals surface area contributed by atoms with E-state index in [-0.39, 0.29) is 5.91 Å². The van der Waals surface area contributed by atoms with E-state index < -0.39 is 0 Å². The van der Waals surface area contributed by atoms with Crippen LogP contribution in [0.25, 0.3) is 11.3 Å². The van der Waals surface area contributed by atoms with E-state index in [2.05, 4.69) is 31.6 Å². The molecule has 3 aromatic rings. The summed E-state index contributed by atoms with van der Waals surface area (Å²) < 4.78 is 10.6. The van der Waals surface area contributed by atoms with E-state index in [1.807, 2.05) is 42.5 Å². The van der Waals surface area contributed by atoms with Gasteiger partial charge in [-0.2, -0.15) is 0 Å². The first-order valence-electron chi connectivity index (χ1n) is 11.6. The Bertz CT molecular complexity index is 1100. The van der Waals surface area contributed by atoms with Gasteiger partial charge in [0.05, 0.1) is 31.5 Å². The Hall–Kier alpha value is -3.65. The Morgan fingerprint density at radius 3 is 2.50 bits per heavy atom. The van der Waals surface area contributed by atoms with Crippen LogP contribution in [0.1, 0.15) is 25.7 Å². The summed E-state index contributed by atoms with van der Waals surface area (Å²) in [5, 5.41) is 6.15. The van der Waals surface area contributed by atoms with Gasteiger partial charge in [0.25, 0.3) is 0 Å². The molecule has 2 heterocycles. The van der Waals surface area contributed by atoms with E-state index in [1.165, 1.54) is 19.3 Å². The molecule has 2 N–H and O–H groups in total. The van der Waals surface area contributed by atoms with Crippen molar-refractivity contribution >= 4 is 28.9 Å². The number of carbonyl (C=O) groups excluding carboxylic acids is 1. The minimum absolute atomic E-state index is 0.0788. The standard InChI is InChI=1S/C26H31N5O3/c1-33-17-13-25(32)28-20-8-6-19(7-9-20)22-12-14-27-26(30-22)29-21-10-11-23(24(18-21)34-2)31-15-4-3-5-16-31/h6-12,14,18H,3-5,13,15-17H2,1-2H3,(H,28,32)(H,27,29,30). The van der Waals surface area contributed by atoms with Crippen molar-refractivity contribution in [1.82, 2.24) is 9.97 Å². The van der Waals surface area contributed by atoms with Crippen molar-refractivity contribution in [1.29, 1.82) is 0 Å². The third kappa shape index (κ3) is 6.02. The minimum Gasteiger partial charge on any atom is -0.495 e. The number of nitrogens with zero attached hydrogens (tertiary/aromatic N) is 3. The summed E-state index contributed by atoms with van der Waals surface area (Å²) in [6.07, 6.45) is 5.77. The van der Waals surface area contributed by atoms with Gasteiger partial charge in [-0.25, -0.2) is 9.97 Å². The maximum atomic E-state index is 11.9. The first-order valence-corrected chi connectivity index (χ1v) is 11.6. The Kier molecular flexibility index (Phi) is 7.93. The minimum atomic E-state index is -0.0788. The average molecular weight is 462 g/mol. The molecule has 1 aromatic heterocycles. The van der Waals surface area contributed by atoms with Gasteiger partial charge in [0.1, 0.15) is 5.75 Å². The lowest BCUT2D eigenvalue weighted by Gasteiger charge is -2.30. The highest BCUT2D eigenvalue weighted by Crippen LogP contribution is 2.33. The van der Waals surface area contributed by atoms with Gasteiger partial charge in [0.15, 0.2) is 0 Å². The zero-order valence-corrected chi connectivity index (χ0v) is 19.7. The van der Waals surface area contributed by atoms with Crippen LogP contribution in [0, 0.1) is 0 Å². The fraction of sp³-hybridized carbons (Fsp3) is 0.346. The van der Waals surface area contributed by atoms with Crippen LogP contribution in [0.3, 0.4) is 0 Å². The summed E-state index contributed by atoms with van der Waals surface area (Å²) in [6, 6.07) is 15.5. The van der Waals surface area contributed by atoms with Crippen LogP contribution in [0.5, 0.6) is 5.75 Å². The lowest BCUT2D eigenvalue weighted by molar-refractivity contribution is -0.117. The van der Waals surface area contributed by atoms with Gasteiger partial charge in [0, 0.05) is 49.4 Å². The van der Waals surface area contributed by atoms with E-state index >= 15 is 0 Å². The third-order valence-electron chi connectivity index (χ3n) is 5.79. The molecule has 8 nitrogen and oxygen atoms in total. The zero-order chi connectivity index (χ0) is 23.8. The molecule has 2 aromatic carbocycles. The van der Waals surface area contributed by atoms with Gasteiger partial charge in [-0.05, 0) is 49.6 Å². The van der Waals surface area contributed by atoms with Gasteiger partial charge in [-0.3, -0.25) is 4.79 Å². The lowest BCUT2D eigenvalue weighted by Crippen LogP contribution is -2.29. The first-order chi connectivity index (χ1) is 16.7. The summed E-state index contributed by atoms with van der Waals surface area (Å²) in [4.78, 5) is 23.3. The number of benzene rings is 2. The normalized spacial score (nSPS) is 13.4. The largest absolute Gasteiger partial charge is 0.495 e. The van der Waals surface area contributed by atoms with Crippen molar-refractivity contribution in [2.75, 3.05) is 49.4 Å². The van der Waals surface area contributed by atoms with Crippen molar-refractivity contribution in [3.63, 3.8) is 0 Å². The molecular weight excluding hydrogens is 430 g/mol. The van der Waals surface area contributed by atoms with E-state index in [0.29, 0.717) is 19.0 Å². The zero-order valence-electron chi connectivity index (χ0n) is 19.7. The predicted octanol–water partition coefficient (Wildman–Crippen LogP) is 4.86. The molecule has 1 fully saturated rings. The second kappa shape index (κ2) is 11.5. The quantitative estimate of drug-likeness (QED) is 0.470. The second-order valence-corrected chi connectivity index (χ2v) is 8.19. The van der Waals surface area contributed by atoms with Crippen LogP contribution in [0.15, 0.2) is 54.7 Å². The number of aromatic nitrogens is 2. The summed E-state index contributed by atoms with van der Waals surface area (Å²) in [6.45, 7) is 2.52. The number of ether oxygens (including phenoxy) is 2. The number of anilines is 4. The number of carbonyl (C=O) groups is 1. The van der Waals surface area contributed by atoms with Crippen LogP contribution in [0.4, 0.5) is 23.0 Å². The molecule has 1 aliphatic rings. The topological polar surface area (TPSA) is 88.6 Å². The molecule has 0 atom stereocenters. The molecule has 0 saturated carbocycles. The maximum absolute atomic E-state index is 11.9. The Labute approximate surface area is 200 Å². The lowest BCUT2D eigenvalue weighted by atomic mass is 10.1. The van der Waals surface area contributed by atoms with Gasteiger partial charge >= 0.3 is 0 Å². The van der Waals surface area contributed by atoms with Crippen molar-refractivity contribution in [2.24, 2.45) is 0 Å². The molecule has 0 spiro atoms. The molecule has 4 rings (SSSR count).